The van der Waals surface area contributed by atoms with E-state index in [9.17, 15) is 38.7 Å². The van der Waals surface area contributed by atoms with Crippen LogP contribution in [-0.2, 0) is 18.2 Å². The first-order valence-electron chi connectivity index (χ1n) is 6.48. The van der Waals surface area contributed by atoms with Crippen LogP contribution >= 0.6 is 15.6 Å². The summed E-state index contributed by atoms with van der Waals surface area (Å²) in [6, 6.07) is 1.09. The van der Waals surface area contributed by atoms with E-state index < -0.39 is 58.0 Å². The molecule has 1 aliphatic heterocycles. The van der Waals surface area contributed by atoms with Gasteiger partial charge in [-0.1, -0.05) is 0 Å². The number of aromatic amines is 1. The van der Waals surface area contributed by atoms with Crippen molar-refractivity contribution in [3.05, 3.63) is 33.1 Å². The zero-order valence-electron chi connectivity index (χ0n) is 14.5. The molecule has 1 aromatic heterocycles. The molecule has 0 amide bonds. The van der Waals surface area contributed by atoms with Crippen LogP contribution in [0.3, 0.4) is 0 Å². The van der Waals surface area contributed by atoms with E-state index in [0.717, 1.165) is 16.8 Å². The van der Waals surface area contributed by atoms with Crippen molar-refractivity contribution in [1.29, 1.82) is 0 Å². The average Bonchev–Trinajstić information content (AvgIpc) is 2.72. The van der Waals surface area contributed by atoms with E-state index in [4.69, 9.17) is 19.6 Å². The predicted octanol–water partition coefficient (Wildman–Crippen LogP) is -10.9. The van der Waals surface area contributed by atoms with Gasteiger partial charge in [0, 0.05) is 12.3 Å². The van der Waals surface area contributed by atoms with E-state index in [1.54, 1.807) is 0 Å². The average molecular weight is 466 g/mol. The SMILES string of the molecule is O=P([O-])([O-])OP(=O)(O)O.O=c1ccn([C@@H]2O[C@H](CO)[C@@H](O)[C@H]2O)c(=O)[nH]1.[Na+].[Na+]. The van der Waals surface area contributed by atoms with Gasteiger partial charge >= 0.3 is 72.6 Å². The van der Waals surface area contributed by atoms with Crippen molar-refractivity contribution < 1.29 is 112 Å². The topological polar surface area (TPSA) is 255 Å². The number of H-pyrrole nitrogens is 1. The molecule has 19 heteroatoms. The van der Waals surface area contributed by atoms with Crippen molar-refractivity contribution in [2.45, 2.75) is 24.5 Å². The second kappa shape index (κ2) is 12.6. The third-order valence-corrected chi connectivity index (χ3v) is 4.50. The maximum atomic E-state index is 11.4. The van der Waals surface area contributed by atoms with E-state index in [0.29, 0.717) is 0 Å². The van der Waals surface area contributed by atoms with Crippen LogP contribution in [0.4, 0.5) is 0 Å². The summed E-state index contributed by atoms with van der Waals surface area (Å²) in [6.07, 6.45) is -3.58. The van der Waals surface area contributed by atoms with Crippen molar-refractivity contribution in [2.75, 3.05) is 6.61 Å². The normalized spacial score (nSPS) is 24.4. The number of hydrogen-bond acceptors (Lipinski definition) is 11. The van der Waals surface area contributed by atoms with Crippen LogP contribution < -0.4 is 80.2 Å². The van der Waals surface area contributed by atoms with Crippen LogP contribution in [0.25, 0.3) is 0 Å². The van der Waals surface area contributed by atoms with E-state index >= 15 is 0 Å². The van der Waals surface area contributed by atoms with Crippen molar-refractivity contribution >= 4 is 15.6 Å². The summed E-state index contributed by atoms with van der Waals surface area (Å²) in [6.45, 7) is -0.479. The second-order valence-electron chi connectivity index (χ2n) is 4.77. The summed E-state index contributed by atoms with van der Waals surface area (Å²) < 4.78 is 27.8. The summed E-state index contributed by atoms with van der Waals surface area (Å²) in [5.41, 5.74) is -1.33. The first kappa shape index (κ1) is 31.0. The Kier molecular flexibility index (Phi) is 13.9. The Labute approximate surface area is 200 Å². The van der Waals surface area contributed by atoms with E-state index in [-0.39, 0.29) is 59.1 Å². The molecular weight excluding hydrogens is 452 g/mol. The van der Waals surface area contributed by atoms with Gasteiger partial charge in [-0.2, -0.15) is 0 Å². The molecule has 0 spiro atoms. The van der Waals surface area contributed by atoms with Crippen LogP contribution in [-0.4, -0.2) is 59.6 Å². The van der Waals surface area contributed by atoms with Crippen LogP contribution in [0, 0.1) is 0 Å². The second-order valence-corrected chi connectivity index (χ2v) is 7.29. The molecule has 0 unspecified atom stereocenters. The van der Waals surface area contributed by atoms with Crippen LogP contribution in [0.5, 0.6) is 0 Å². The Bertz CT molecular complexity index is 799. The van der Waals surface area contributed by atoms with Crippen LogP contribution in [0.2, 0.25) is 0 Å². The van der Waals surface area contributed by atoms with Gasteiger partial charge in [0.2, 0.25) is 0 Å². The molecule has 1 saturated heterocycles. The number of nitrogens with one attached hydrogen (secondary N) is 1. The third-order valence-electron chi connectivity index (χ3n) is 2.85. The van der Waals surface area contributed by atoms with E-state index in [1.807, 2.05) is 4.98 Å². The monoisotopic (exact) mass is 466 g/mol. The molecule has 1 aromatic rings. The van der Waals surface area contributed by atoms with Gasteiger partial charge in [0.1, 0.15) is 18.3 Å². The minimum atomic E-state index is -5.55. The minimum absolute atomic E-state index is 0. The number of aliphatic hydroxyl groups is 3. The Morgan fingerprint density at radius 2 is 1.71 bits per heavy atom. The number of phosphoric acid groups is 2. The summed E-state index contributed by atoms with van der Waals surface area (Å²) in [5.74, 6) is 0. The quantitative estimate of drug-likeness (QED) is 0.178. The zero-order chi connectivity index (χ0) is 20.3. The van der Waals surface area contributed by atoms with Gasteiger partial charge in [0.05, 0.1) is 14.4 Å². The molecular formula is C9H14N2Na2O13P2. The van der Waals surface area contributed by atoms with Crippen LogP contribution in [0.1, 0.15) is 6.23 Å². The summed E-state index contributed by atoms with van der Waals surface area (Å²) in [4.78, 5) is 58.5. The van der Waals surface area contributed by atoms with Gasteiger partial charge in [-0.3, -0.25) is 18.7 Å². The molecule has 150 valence electrons. The van der Waals surface area contributed by atoms with Crippen LogP contribution in [0.15, 0.2) is 21.9 Å². The standard InChI is InChI=1S/C9H12N2O6.2Na.H4O7P2/c12-3-4-6(14)7(15)8(17-4)11-2-1-5(13)10-9(11)16;;;1-8(2,3)7-9(4,5)6/h1-2,4,6-8,12,14-15H,3H2,(H,10,13,16);;;(H2,1,2,3)(H2,4,5,6)/q;2*+1;/p-2/t4-,6-,7-,8-;;;/m1.../s1. The molecule has 2 rings (SSSR count). The third kappa shape index (κ3) is 10.2. The Balaban J connectivity index is 0. The van der Waals surface area contributed by atoms with Crippen molar-refractivity contribution in [3.63, 3.8) is 0 Å². The molecule has 6 N–H and O–H groups in total. The molecule has 2 heterocycles. The number of nitrogens with zero attached hydrogens (tertiary/aromatic N) is 1. The molecule has 1 aliphatic rings. The zero-order valence-corrected chi connectivity index (χ0v) is 20.3. The smallest absolute Gasteiger partial charge is 0.789 e. The fraction of sp³-hybridized carbons (Fsp3) is 0.556. The first-order chi connectivity index (χ1) is 11.7. The molecule has 0 bridgehead atoms. The van der Waals surface area contributed by atoms with Crippen molar-refractivity contribution in [2.24, 2.45) is 0 Å². The fourth-order valence-electron chi connectivity index (χ4n) is 1.87. The Morgan fingerprint density at radius 1 is 1.18 bits per heavy atom. The van der Waals surface area contributed by atoms with Gasteiger partial charge in [-0.15, -0.1) is 0 Å². The number of ether oxygens (including phenoxy) is 1. The predicted molar refractivity (Wildman–Crippen MR) is 75.1 cm³/mol. The molecule has 28 heavy (non-hydrogen) atoms. The summed E-state index contributed by atoms with van der Waals surface area (Å²) >= 11 is 0. The van der Waals surface area contributed by atoms with Gasteiger partial charge in [0.15, 0.2) is 6.23 Å². The Hall–Kier alpha value is 0.780. The maximum Gasteiger partial charge on any atom is 1.00 e. The van der Waals surface area contributed by atoms with Gasteiger partial charge < -0.3 is 44.2 Å². The van der Waals surface area contributed by atoms with E-state index in [1.165, 1.54) is 0 Å². The first-order valence-corrected chi connectivity index (χ1v) is 9.47. The Morgan fingerprint density at radius 3 is 2.04 bits per heavy atom. The largest absolute Gasteiger partial charge is 1.00 e. The van der Waals surface area contributed by atoms with Crippen molar-refractivity contribution in [3.8, 4) is 0 Å². The molecule has 15 nitrogen and oxygen atoms in total. The molecule has 0 radical (unpaired) electrons. The molecule has 0 aromatic carbocycles. The molecule has 1 fully saturated rings. The maximum absolute atomic E-state index is 11.4. The number of hydrogen-bond donors (Lipinski definition) is 6. The summed E-state index contributed by atoms with van der Waals surface area (Å²) in [5, 5.41) is 28.1. The van der Waals surface area contributed by atoms with E-state index in [2.05, 4.69) is 4.31 Å². The fourth-order valence-corrected chi connectivity index (χ4v) is 2.91. The van der Waals surface area contributed by atoms with Crippen molar-refractivity contribution in [1.82, 2.24) is 9.55 Å². The minimum Gasteiger partial charge on any atom is -0.789 e. The van der Waals surface area contributed by atoms with Gasteiger partial charge in [-0.25, -0.2) is 9.36 Å². The van der Waals surface area contributed by atoms with Gasteiger partial charge in [-0.05, 0) is 0 Å². The molecule has 0 saturated carbocycles. The number of aliphatic hydroxyl groups excluding tert-OH is 3. The molecule has 0 aliphatic carbocycles. The molecule has 4 atom stereocenters. The van der Waals surface area contributed by atoms with Gasteiger partial charge in [0.25, 0.3) is 5.56 Å². The summed E-state index contributed by atoms with van der Waals surface area (Å²) in [7, 11) is -10.7. The number of aromatic nitrogens is 2. The number of rotatable bonds is 4.